The second kappa shape index (κ2) is 6.33. The van der Waals surface area contributed by atoms with E-state index in [1.807, 2.05) is 24.3 Å². The molecule has 0 saturated carbocycles. The lowest BCUT2D eigenvalue weighted by Gasteiger charge is -2.21. The van der Waals surface area contributed by atoms with Gasteiger partial charge < -0.3 is 4.74 Å². The third kappa shape index (κ3) is 2.48. The number of anilines is 2. The maximum absolute atomic E-state index is 13.1. The molecule has 128 valence electrons. The minimum Gasteiger partial charge on any atom is -0.481 e. The molecular weight excluding hydrogens is 330 g/mol. The van der Waals surface area contributed by atoms with E-state index in [1.165, 1.54) is 12.0 Å². The summed E-state index contributed by atoms with van der Waals surface area (Å²) < 4.78 is 5.05. The molecule has 1 aliphatic rings. The number of aromatic nitrogens is 2. The summed E-state index contributed by atoms with van der Waals surface area (Å²) in [6.45, 7) is 0.257. The van der Waals surface area contributed by atoms with Gasteiger partial charge in [0.15, 0.2) is 0 Å². The molecule has 26 heavy (non-hydrogen) atoms. The standard InChI is InChI=1S/C19H15N5O2/c1-26-18-7-6-14(10-22-18)23-12-15(8-20)24(19(23)25)17-11-21-9-13-4-2-3-5-16(13)17/h2-7,9-11,15H,12H2,1H3/t15-/m0/s1. The molecule has 0 unspecified atom stereocenters. The van der Waals surface area contributed by atoms with Crippen LogP contribution in [-0.4, -0.2) is 35.7 Å². The molecule has 7 nitrogen and oxygen atoms in total. The summed E-state index contributed by atoms with van der Waals surface area (Å²) in [5.41, 5.74) is 1.25. The molecule has 0 aliphatic carbocycles. The van der Waals surface area contributed by atoms with Crippen molar-refractivity contribution in [3.05, 3.63) is 55.0 Å². The van der Waals surface area contributed by atoms with Crippen molar-refractivity contribution in [3.63, 3.8) is 0 Å². The van der Waals surface area contributed by atoms with Crippen LogP contribution in [-0.2, 0) is 0 Å². The van der Waals surface area contributed by atoms with Crippen molar-refractivity contribution in [1.29, 1.82) is 5.26 Å². The van der Waals surface area contributed by atoms with Crippen molar-refractivity contribution in [2.45, 2.75) is 6.04 Å². The minimum atomic E-state index is -0.614. The number of carbonyl (C=O) groups is 1. The van der Waals surface area contributed by atoms with Crippen LogP contribution < -0.4 is 14.5 Å². The van der Waals surface area contributed by atoms with Gasteiger partial charge in [-0.1, -0.05) is 24.3 Å². The minimum absolute atomic E-state index is 0.257. The molecular formula is C19H15N5O2. The Morgan fingerprint density at radius 1 is 1.19 bits per heavy atom. The highest BCUT2D eigenvalue weighted by Gasteiger charge is 2.40. The van der Waals surface area contributed by atoms with Crippen LogP contribution in [0.4, 0.5) is 16.2 Å². The van der Waals surface area contributed by atoms with Crippen LogP contribution in [0, 0.1) is 11.3 Å². The number of benzene rings is 1. The van der Waals surface area contributed by atoms with E-state index < -0.39 is 6.04 Å². The number of methoxy groups -OCH3 is 1. The number of amides is 2. The molecule has 1 aromatic carbocycles. The van der Waals surface area contributed by atoms with Crippen LogP contribution >= 0.6 is 0 Å². The maximum Gasteiger partial charge on any atom is 0.330 e. The Morgan fingerprint density at radius 2 is 2.04 bits per heavy atom. The molecule has 4 rings (SSSR count). The molecule has 3 aromatic rings. The Balaban J connectivity index is 1.76. The van der Waals surface area contributed by atoms with E-state index in [4.69, 9.17) is 4.74 Å². The normalized spacial score (nSPS) is 16.8. The maximum atomic E-state index is 13.1. The molecule has 0 bridgehead atoms. The van der Waals surface area contributed by atoms with Crippen LogP contribution in [0.25, 0.3) is 10.8 Å². The van der Waals surface area contributed by atoms with Gasteiger partial charge in [-0.25, -0.2) is 9.78 Å². The Hall–Kier alpha value is -3.66. The molecule has 1 aliphatic heterocycles. The smallest absolute Gasteiger partial charge is 0.330 e. The van der Waals surface area contributed by atoms with Crippen LogP contribution in [0.2, 0.25) is 0 Å². The number of rotatable bonds is 3. The van der Waals surface area contributed by atoms with E-state index >= 15 is 0 Å². The molecule has 1 fully saturated rings. The van der Waals surface area contributed by atoms with Gasteiger partial charge in [0.05, 0.1) is 43.5 Å². The van der Waals surface area contributed by atoms with E-state index in [1.54, 1.807) is 35.6 Å². The number of fused-ring (bicyclic) bond motifs is 1. The summed E-state index contributed by atoms with van der Waals surface area (Å²) in [6.07, 6.45) is 4.93. The summed E-state index contributed by atoms with van der Waals surface area (Å²) in [4.78, 5) is 24.5. The number of urea groups is 1. The first kappa shape index (κ1) is 15.8. The topological polar surface area (TPSA) is 82.4 Å². The molecule has 0 N–H and O–H groups in total. The van der Waals surface area contributed by atoms with Gasteiger partial charge >= 0.3 is 6.03 Å². The van der Waals surface area contributed by atoms with Crippen molar-refractivity contribution >= 4 is 28.2 Å². The van der Waals surface area contributed by atoms with E-state index in [0.29, 0.717) is 17.3 Å². The van der Waals surface area contributed by atoms with Crippen LogP contribution in [0.15, 0.2) is 55.0 Å². The average molecular weight is 345 g/mol. The predicted octanol–water partition coefficient (Wildman–Crippen LogP) is 2.98. The Labute approximate surface area is 150 Å². The SMILES string of the molecule is COc1ccc(N2C[C@H](C#N)N(c3cncc4ccccc34)C2=O)cn1. The lowest BCUT2D eigenvalue weighted by Crippen LogP contribution is -2.34. The summed E-state index contributed by atoms with van der Waals surface area (Å²) in [7, 11) is 1.53. The van der Waals surface area contributed by atoms with Gasteiger partial charge in [0.25, 0.3) is 0 Å². The highest BCUT2D eigenvalue weighted by molar-refractivity contribution is 6.11. The first-order valence-electron chi connectivity index (χ1n) is 8.06. The third-order valence-electron chi connectivity index (χ3n) is 4.40. The second-order valence-corrected chi connectivity index (χ2v) is 5.85. The number of pyridine rings is 2. The number of hydrogen-bond acceptors (Lipinski definition) is 5. The van der Waals surface area contributed by atoms with Crippen molar-refractivity contribution < 1.29 is 9.53 Å². The zero-order chi connectivity index (χ0) is 18.1. The molecule has 2 aromatic heterocycles. The van der Waals surface area contributed by atoms with Gasteiger partial charge in [-0.3, -0.25) is 14.8 Å². The molecule has 7 heteroatoms. The van der Waals surface area contributed by atoms with E-state index in [0.717, 1.165) is 10.8 Å². The summed E-state index contributed by atoms with van der Waals surface area (Å²) >= 11 is 0. The van der Waals surface area contributed by atoms with Crippen molar-refractivity contribution in [1.82, 2.24) is 9.97 Å². The highest BCUT2D eigenvalue weighted by Crippen LogP contribution is 2.33. The summed E-state index contributed by atoms with van der Waals surface area (Å²) in [5, 5.41) is 11.4. The number of nitrogens with zero attached hydrogens (tertiary/aromatic N) is 5. The Bertz CT molecular complexity index is 1010. The van der Waals surface area contributed by atoms with Gasteiger partial charge in [0.1, 0.15) is 6.04 Å². The summed E-state index contributed by atoms with van der Waals surface area (Å²) in [6, 6.07) is 12.4. The quantitative estimate of drug-likeness (QED) is 0.729. The lowest BCUT2D eigenvalue weighted by atomic mass is 10.1. The predicted molar refractivity (Wildman–Crippen MR) is 97.2 cm³/mol. The monoisotopic (exact) mass is 345 g/mol. The van der Waals surface area contributed by atoms with Gasteiger partial charge in [-0.2, -0.15) is 5.26 Å². The van der Waals surface area contributed by atoms with Crippen LogP contribution in [0.1, 0.15) is 0 Å². The highest BCUT2D eigenvalue weighted by atomic mass is 16.5. The van der Waals surface area contributed by atoms with Gasteiger partial charge in [-0.05, 0) is 6.07 Å². The third-order valence-corrected chi connectivity index (χ3v) is 4.40. The van der Waals surface area contributed by atoms with Crippen LogP contribution in [0.5, 0.6) is 5.88 Å². The fourth-order valence-corrected chi connectivity index (χ4v) is 3.13. The average Bonchev–Trinajstić information content (AvgIpc) is 3.04. The zero-order valence-electron chi connectivity index (χ0n) is 14.0. The number of hydrogen-bond donors (Lipinski definition) is 0. The van der Waals surface area contributed by atoms with Crippen LogP contribution in [0.3, 0.4) is 0 Å². The molecule has 0 spiro atoms. The lowest BCUT2D eigenvalue weighted by molar-refractivity contribution is 0.255. The van der Waals surface area contributed by atoms with Gasteiger partial charge in [0, 0.05) is 23.0 Å². The molecule has 1 saturated heterocycles. The first-order chi connectivity index (χ1) is 12.7. The second-order valence-electron chi connectivity index (χ2n) is 5.85. The molecule has 3 heterocycles. The fourth-order valence-electron chi connectivity index (χ4n) is 3.13. The fraction of sp³-hybridized carbons (Fsp3) is 0.158. The van der Waals surface area contributed by atoms with E-state index in [9.17, 15) is 10.1 Å². The first-order valence-corrected chi connectivity index (χ1v) is 8.06. The number of carbonyl (C=O) groups excluding carboxylic acids is 1. The largest absolute Gasteiger partial charge is 0.481 e. The van der Waals surface area contributed by atoms with Crippen molar-refractivity contribution in [2.24, 2.45) is 0 Å². The molecule has 1 atom stereocenters. The Morgan fingerprint density at radius 3 is 2.77 bits per heavy atom. The van der Waals surface area contributed by atoms with E-state index in [-0.39, 0.29) is 12.6 Å². The number of nitriles is 1. The molecule has 2 amide bonds. The Kier molecular flexibility index (Phi) is 3.86. The van der Waals surface area contributed by atoms with Crippen molar-refractivity contribution in [3.8, 4) is 11.9 Å². The molecule has 0 radical (unpaired) electrons. The zero-order valence-corrected chi connectivity index (χ0v) is 14.0. The van der Waals surface area contributed by atoms with E-state index in [2.05, 4.69) is 16.0 Å². The van der Waals surface area contributed by atoms with Crippen molar-refractivity contribution in [2.75, 3.05) is 23.5 Å². The van der Waals surface area contributed by atoms with Gasteiger partial charge in [0.2, 0.25) is 5.88 Å². The number of ether oxygens (including phenoxy) is 1. The summed E-state index contributed by atoms with van der Waals surface area (Å²) in [5.74, 6) is 0.465. The van der Waals surface area contributed by atoms with Gasteiger partial charge in [-0.15, -0.1) is 0 Å².